The first-order valence-corrected chi connectivity index (χ1v) is 8.66. The number of piperidine rings is 1. The zero-order valence-electron chi connectivity index (χ0n) is 11.8. The third-order valence-electron chi connectivity index (χ3n) is 3.89. The van der Waals surface area contributed by atoms with Gasteiger partial charge in [0.1, 0.15) is 0 Å². The SMILES string of the molecule is CC1NCC(=O)N(CC2CCCN(S(C)(=O)=O)C2)C1=O. The summed E-state index contributed by atoms with van der Waals surface area (Å²) in [5.74, 6) is -0.431. The van der Waals surface area contributed by atoms with Gasteiger partial charge in [0.2, 0.25) is 21.8 Å². The smallest absolute Gasteiger partial charge is 0.246 e. The molecule has 0 bridgehead atoms. The second kappa shape index (κ2) is 5.79. The van der Waals surface area contributed by atoms with Crippen LogP contribution in [0.1, 0.15) is 19.8 Å². The largest absolute Gasteiger partial charge is 0.298 e. The molecule has 2 amide bonds. The molecule has 114 valence electrons. The Balaban J connectivity index is 2.02. The molecule has 0 saturated carbocycles. The normalized spacial score (nSPS) is 29.8. The fourth-order valence-electron chi connectivity index (χ4n) is 2.71. The van der Waals surface area contributed by atoms with Crippen molar-refractivity contribution in [3.05, 3.63) is 0 Å². The Bertz CT molecular complexity index is 505. The standard InChI is InChI=1S/C12H21N3O4S/c1-9-12(17)15(11(16)6-13-9)8-10-4-3-5-14(7-10)20(2,18)19/h9-10,13H,3-8H2,1-2H3. The Kier molecular flexibility index (Phi) is 4.46. The van der Waals surface area contributed by atoms with Crippen LogP contribution in [0.15, 0.2) is 0 Å². The molecule has 0 aromatic carbocycles. The second-order valence-electron chi connectivity index (χ2n) is 5.57. The first kappa shape index (κ1) is 15.4. The zero-order valence-corrected chi connectivity index (χ0v) is 12.6. The van der Waals surface area contributed by atoms with E-state index in [2.05, 4.69) is 5.32 Å². The number of imide groups is 1. The second-order valence-corrected chi connectivity index (χ2v) is 7.56. The van der Waals surface area contributed by atoms with Gasteiger partial charge in [0.15, 0.2) is 0 Å². The van der Waals surface area contributed by atoms with Gasteiger partial charge >= 0.3 is 0 Å². The van der Waals surface area contributed by atoms with E-state index in [1.165, 1.54) is 15.5 Å². The quantitative estimate of drug-likeness (QED) is 0.676. The molecule has 0 aromatic rings. The lowest BCUT2D eigenvalue weighted by Gasteiger charge is -2.36. The number of hydrogen-bond acceptors (Lipinski definition) is 5. The molecule has 2 heterocycles. The predicted octanol–water partition coefficient (Wildman–Crippen LogP) is -0.995. The number of rotatable bonds is 3. The average Bonchev–Trinajstić information content (AvgIpc) is 2.39. The summed E-state index contributed by atoms with van der Waals surface area (Å²) < 4.78 is 24.6. The Morgan fingerprint density at radius 2 is 2.05 bits per heavy atom. The average molecular weight is 303 g/mol. The summed E-state index contributed by atoms with van der Waals surface area (Å²) in [6.45, 7) is 3.11. The number of carbonyl (C=O) groups is 2. The lowest BCUT2D eigenvalue weighted by atomic mass is 9.98. The Labute approximate surface area is 119 Å². The summed E-state index contributed by atoms with van der Waals surface area (Å²) in [4.78, 5) is 25.1. The molecule has 1 N–H and O–H groups in total. The van der Waals surface area contributed by atoms with Crippen LogP contribution < -0.4 is 5.32 Å². The van der Waals surface area contributed by atoms with E-state index < -0.39 is 10.0 Å². The summed E-state index contributed by atoms with van der Waals surface area (Å²) >= 11 is 0. The molecular formula is C12H21N3O4S. The van der Waals surface area contributed by atoms with E-state index in [1.807, 2.05) is 0 Å². The van der Waals surface area contributed by atoms with Crippen molar-refractivity contribution in [2.75, 3.05) is 32.4 Å². The minimum absolute atomic E-state index is 0.0247. The van der Waals surface area contributed by atoms with Crippen molar-refractivity contribution in [3.63, 3.8) is 0 Å². The van der Waals surface area contributed by atoms with Crippen molar-refractivity contribution in [2.24, 2.45) is 5.92 Å². The van der Waals surface area contributed by atoms with Crippen LogP contribution in [0.2, 0.25) is 0 Å². The van der Waals surface area contributed by atoms with Crippen LogP contribution in [0, 0.1) is 5.92 Å². The number of sulfonamides is 1. The maximum Gasteiger partial charge on any atom is 0.246 e. The first-order valence-electron chi connectivity index (χ1n) is 6.81. The Morgan fingerprint density at radius 1 is 1.35 bits per heavy atom. The van der Waals surface area contributed by atoms with Crippen molar-refractivity contribution in [2.45, 2.75) is 25.8 Å². The fraction of sp³-hybridized carbons (Fsp3) is 0.833. The topological polar surface area (TPSA) is 86.8 Å². The van der Waals surface area contributed by atoms with Gasteiger partial charge in [-0.25, -0.2) is 12.7 Å². The van der Waals surface area contributed by atoms with Crippen molar-refractivity contribution in [1.29, 1.82) is 0 Å². The number of amides is 2. The van der Waals surface area contributed by atoms with Gasteiger partial charge in [0.25, 0.3) is 0 Å². The molecule has 7 nitrogen and oxygen atoms in total. The molecule has 0 aliphatic carbocycles. The highest BCUT2D eigenvalue weighted by Gasteiger charge is 2.34. The van der Waals surface area contributed by atoms with Gasteiger partial charge in [-0.3, -0.25) is 19.8 Å². The molecule has 2 aliphatic heterocycles. The molecule has 0 radical (unpaired) electrons. The highest BCUT2D eigenvalue weighted by atomic mass is 32.2. The van der Waals surface area contributed by atoms with Gasteiger partial charge in [-0.15, -0.1) is 0 Å². The van der Waals surface area contributed by atoms with Crippen molar-refractivity contribution in [3.8, 4) is 0 Å². The summed E-state index contributed by atoms with van der Waals surface area (Å²) in [5, 5.41) is 2.83. The number of nitrogens with one attached hydrogen (secondary N) is 1. The maximum absolute atomic E-state index is 12.0. The van der Waals surface area contributed by atoms with E-state index in [0.717, 1.165) is 12.8 Å². The van der Waals surface area contributed by atoms with Gasteiger partial charge in [0, 0.05) is 19.6 Å². The third kappa shape index (κ3) is 3.36. The Hall–Kier alpha value is -0.990. The van der Waals surface area contributed by atoms with E-state index in [-0.39, 0.29) is 30.3 Å². The molecule has 2 unspecified atom stereocenters. The van der Waals surface area contributed by atoms with Crippen LogP contribution in [0.4, 0.5) is 0 Å². The molecule has 0 aromatic heterocycles. The predicted molar refractivity (Wildman–Crippen MR) is 73.3 cm³/mol. The van der Waals surface area contributed by atoms with Gasteiger partial charge in [-0.05, 0) is 25.7 Å². The number of carbonyl (C=O) groups excluding carboxylic acids is 2. The van der Waals surface area contributed by atoms with Crippen LogP contribution >= 0.6 is 0 Å². The lowest BCUT2D eigenvalue weighted by molar-refractivity contribution is -0.149. The van der Waals surface area contributed by atoms with Gasteiger partial charge in [0.05, 0.1) is 18.8 Å². The van der Waals surface area contributed by atoms with Crippen LogP contribution in [0.25, 0.3) is 0 Å². The molecule has 20 heavy (non-hydrogen) atoms. The molecule has 0 spiro atoms. The summed E-state index contributed by atoms with van der Waals surface area (Å²) in [6, 6.07) is -0.359. The van der Waals surface area contributed by atoms with E-state index in [4.69, 9.17) is 0 Å². The van der Waals surface area contributed by atoms with Crippen molar-refractivity contribution in [1.82, 2.24) is 14.5 Å². The van der Waals surface area contributed by atoms with Crippen LogP contribution in [-0.4, -0.2) is 67.9 Å². The van der Waals surface area contributed by atoms with Crippen LogP contribution in [-0.2, 0) is 19.6 Å². The summed E-state index contributed by atoms with van der Waals surface area (Å²) in [6.07, 6.45) is 2.80. The molecule has 2 aliphatic rings. The molecule has 2 saturated heterocycles. The van der Waals surface area contributed by atoms with E-state index in [0.29, 0.717) is 19.6 Å². The van der Waals surface area contributed by atoms with Crippen LogP contribution in [0.3, 0.4) is 0 Å². The summed E-state index contributed by atoms with van der Waals surface area (Å²) in [5.41, 5.74) is 0. The van der Waals surface area contributed by atoms with E-state index in [9.17, 15) is 18.0 Å². The minimum atomic E-state index is -3.20. The van der Waals surface area contributed by atoms with Crippen molar-refractivity contribution >= 4 is 21.8 Å². The summed E-state index contributed by atoms with van der Waals surface area (Å²) in [7, 11) is -3.20. The number of nitrogens with zero attached hydrogens (tertiary/aromatic N) is 2. The van der Waals surface area contributed by atoms with E-state index in [1.54, 1.807) is 6.92 Å². The van der Waals surface area contributed by atoms with Gasteiger partial charge in [-0.2, -0.15) is 0 Å². The van der Waals surface area contributed by atoms with Gasteiger partial charge < -0.3 is 0 Å². The van der Waals surface area contributed by atoms with E-state index >= 15 is 0 Å². The lowest BCUT2D eigenvalue weighted by Crippen LogP contribution is -2.58. The maximum atomic E-state index is 12.0. The highest BCUT2D eigenvalue weighted by Crippen LogP contribution is 2.20. The monoisotopic (exact) mass is 303 g/mol. The Morgan fingerprint density at radius 3 is 2.70 bits per heavy atom. The third-order valence-corrected chi connectivity index (χ3v) is 5.16. The molecule has 2 atom stereocenters. The van der Waals surface area contributed by atoms with Crippen LogP contribution in [0.5, 0.6) is 0 Å². The first-order chi connectivity index (χ1) is 9.29. The molecule has 2 fully saturated rings. The van der Waals surface area contributed by atoms with Gasteiger partial charge in [-0.1, -0.05) is 0 Å². The fourth-order valence-corrected chi connectivity index (χ4v) is 3.65. The minimum Gasteiger partial charge on any atom is -0.298 e. The molecular weight excluding hydrogens is 282 g/mol. The molecule has 8 heteroatoms. The zero-order chi connectivity index (χ0) is 14.9. The highest BCUT2D eigenvalue weighted by molar-refractivity contribution is 7.88. The van der Waals surface area contributed by atoms with Crippen molar-refractivity contribution < 1.29 is 18.0 Å². The molecule has 2 rings (SSSR count). The number of hydrogen-bond donors (Lipinski definition) is 1. The number of piperazine rings is 1.